The summed E-state index contributed by atoms with van der Waals surface area (Å²) in [5.41, 5.74) is 2.70. The van der Waals surface area contributed by atoms with E-state index < -0.39 is 47.3 Å². The summed E-state index contributed by atoms with van der Waals surface area (Å²) in [5.74, 6) is -1.85. The molecule has 0 saturated heterocycles. The summed E-state index contributed by atoms with van der Waals surface area (Å²) >= 11 is 0. The monoisotopic (exact) mass is 750 g/mol. The van der Waals surface area contributed by atoms with Crippen LogP contribution < -0.4 is 19.2 Å². The Balaban J connectivity index is 1.22. The van der Waals surface area contributed by atoms with E-state index >= 15 is 0 Å². The molecule has 0 unspecified atom stereocenters. The number of nitrogens with one attached hydrogen (secondary N) is 2. The predicted molar refractivity (Wildman–Crippen MR) is 182 cm³/mol. The maximum atomic E-state index is 13.2. The lowest BCUT2D eigenvalue weighted by Gasteiger charge is -2.36. The van der Waals surface area contributed by atoms with Gasteiger partial charge in [-0.25, -0.2) is 10.9 Å². The number of nitrogens with zero attached hydrogens (tertiary/aromatic N) is 4. The molecule has 2 amide bonds. The van der Waals surface area contributed by atoms with Gasteiger partial charge in [-0.15, -0.1) is 0 Å². The average molecular weight is 751 g/mol. The number of para-hydroxylation sites is 2. The van der Waals surface area contributed by atoms with Gasteiger partial charge in [-0.05, 0) is 61.4 Å². The molecule has 0 radical (unpaired) electrons. The van der Waals surface area contributed by atoms with Crippen molar-refractivity contribution in [3.63, 3.8) is 0 Å². The van der Waals surface area contributed by atoms with E-state index in [4.69, 9.17) is 8.37 Å². The zero-order valence-corrected chi connectivity index (χ0v) is 28.2. The Morgan fingerprint density at radius 3 is 1.33 bits per heavy atom. The minimum absolute atomic E-state index is 0.140. The number of hydrogen-bond donors (Lipinski definition) is 2. The average Bonchev–Trinajstić information content (AvgIpc) is 3.09. The second kappa shape index (κ2) is 15.1. The molecule has 20 heteroatoms. The van der Waals surface area contributed by atoms with Gasteiger partial charge in [0.1, 0.15) is 15.2 Å². The summed E-state index contributed by atoms with van der Waals surface area (Å²) in [5, 5.41) is 29.5. The highest BCUT2D eigenvalue weighted by Crippen LogP contribution is 2.41. The molecule has 1 aliphatic carbocycles. The second-order valence-corrected chi connectivity index (χ2v) is 14.1. The number of hydrogen-bond acceptors (Lipinski definition) is 14. The van der Waals surface area contributed by atoms with Crippen molar-refractivity contribution in [2.45, 2.75) is 29.1 Å². The number of nitro groups is 2. The van der Waals surface area contributed by atoms with Crippen molar-refractivity contribution in [2.24, 2.45) is 15.6 Å². The first-order chi connectivity index (χ1) is 24.7. The summed E-state index contributed by atoms with van der Waals surface area (Å²) in [6.45, 7) is 0. The molecule has 0 bridgehead atoms. The van der Waals surface area contributed by atoms with Crippen LogP contribution in [-0.4, -0.2) is 50.9 Å². The summed E-state index contributed by atoms with van der Waals surface area (Å²) < 4.78 is 61.6. The highest BCUT2D eigenvalue weighted by Gasteiger charge is 2.51. The van der Waals surface area contributed by atoms with Crippen LogP contribution in [0, 0.1) is 25.6 Å². The molecule has 52 heavy (non-hydrogen) atoms. The Hall–Kier alpha value is -6.54. The summed E-state index contributed by atoms with van der Waals surface area (Å²) in [4.78, 5) is 46.1. The molecule has 0 atom stereocenters. The van der Waals surface area contributed by atoms with Crippen LogP contribution in [0.4, 0.5) is 11.4 Å². The lowest BCUT2D eigenvalue weighted by Crippen LogP contribution is -2.53. The van der Waals surface area contributed by atoms with Crippen molar-refractivity contribution in [1.29, 1.82) is 0 Å². The third-order valence-electron chi connectivity index (χ3n) is 7.73. The van der Waals surface area contributed by atoms with E-state index in [1.54, 1.807) is 12.1 Å². The zero-order chi connectivity index (χ0) is 37.5. The van der Waals surface area contributed by atoms with Crippen LogP contribution in [0.25, 0.3) is 0 Å². The molecule has 18 nitrogen and oxygen atoms in total. The van der Waals surface area contributed by atoms with Gasteiger partial charge in [0.2, 0.25) is 0 Å². The molecular formula is C32H26N6O12S2. The van der Waals surface area contributed by atoms with Gasteiger partial charge >= 0.3 is 20.2 Å². The molecule has 4 aromatic carbocycles. The van der Waals surface area contributed by atoms with Crippen molar-refractivity contribution in [3.8, 4) is 11.5 Å². The van der Waals surface area contributed by atoms with E-state index in [1.807, 2.05) is 0 Å². The van der Waals surface area contributed by atoms with E-state index in [2.05, 4.69) is 21.1 Å². The molecule has 0 aliphatic heterocycles. The molecule has 1 saturated carbocycles. The maximum Gasteiger partial charge on any atom is 0.339 e. The van der Waals surface area contributed by atoms with Gasteiger partial charge in [-0.1, -0.05) is 30.7 Å². The Bertz CT molecular complexity index is 2150. The number of benzene rings is 4. The predicted octanol–water partition coefficient (Wildman–Crippen LogP) is 3.81. The van der Waals surface area contributed by atoms with Crippen LogP contribution in [0.2, 0.25) is 0 Å². The van der Waals surface area contributed by atoms with Gasteiger partial charge in [-0.3, -0.25) is 29.8 Å². The molecule has 0 aromatic heterocycles. The van der Waals surface area contributed by atoms with Crippen molar-refractivity contribution < 1.29 is 44.6 Å². The van der Waals surface area contributed by atoms with Crippen LogP contribution in [0.15, 0.2) is 117 Å². The SMILES string of the molecule is O=C(NN=Cc1ccccc1OS(=O)(=O)c1ccc([N+](=O)[O-])cc1)C1(C(=O)NN=Cc2ccccc2OS(=O)(=O)c2ccc([N+](=O)[O-])cc2)CCC1. The summed E-state index contributed by atoms with van der Waals surface area (Å²) in [6, 6.07) is 19.9. The van der Waals surface area contributed by atoms with Gasteiger partial charge in [-0.2, -0.15) is 27.0 Å². The third kappa shape index (κ3) is 8.25. The van der Waals surface area contributed by atoms with Crippen LogP contribution in [0.5, 0.6) is 11.5 Å². The number of carbonyl (C=O) groups is 2. The fourth-order valence-corrected chi connectivity index (χ4v) is 6.66. The summed E-state index contributed by atoms with van der Waals surface area (Å²) in [6.07, 6.45) is 3.10. The van der Waals surface area contributed by atoms with Crippen LogP contribution in [-0.2, 0) is 29.8 Å². The topological polar surface area (TPSA) is 256 Å². The van der Waals surface area contributed by atoms with Crippen LogP contribution >= 0.6 is 0 Å². The van der Waals surface area contributed by atoms with Gasteiger partial charge in [0.05, 0.1) is 22.3 Å². The lowest BCUT2D eigenvalue weighted by molar-refractivity contribution is -0.385. The first-order valence-electron chi connectivity index (χ1n) is 14.9. The molecule has 1 fully saturated rings. The molecule has 5 rings (SSSR count). The van der Waals surface area contributed by atoms with E-state index in [-0.39, 0.29) is 56.6 Å². The Kier molecular flexibility index (Phi) is 10.7. The van der Waals surface area contributed by atoms with Gasteiger partial charge in [0.25, 0.3) is 23.2 Å². The molecule has 1 aliphatic rings. The van der Waals surface area contributed by atoms with E-state index in [0.717, 1.165) is 61.0 Å². The molecule has 0 spiro atoms. The highest BCUT2D eigenvalue weighted by atomic mass is 32.2. The van der Waals surface area contributed by atoms with E-state index in [0.29, 0.717) is 6.42 Å². The number of hydrazone groups is 2. The minimum atomic E-state index is -4.40. The van der Waals surface area contributed by atoms with Crippen molar-refractivity contribution >= 4 is 55.9 Å². The normalized spacial score (nSPS) is 13.9. The molecule has 2 N–H and O–H groups in total. The van der Waals surface area contributed by atoms with Gasteiger partial charge < -0.3 is 8.37 Å². The zero-order valence-electron chi connectivity index (χ0n) is 26.5. The number of amides is 2. The van der Waals surface area contributed by atoms with Crippen molar-refractivity contribution in [2.75, 3.05) is 0 Å². The van der Waals surface area contributed by atoms with Gasteiger partial charge in [0.15, 0.2) is 11.5 Å². The van der Waals surface area contributed by atoms with Crippen LogP contribution in [0.3, 0.4) is 0 Å². The Labute approximate surface area is 295 Å². The first kappa shape index (κ1) is 36.7. The molecule has 0 heterocycles. The number of carbonyl (C=O) groups excluding carboxylic acids is 2. The molecule has 4 aromatic rings. The Morgan fingerprint density at radius 2 is 1.00 bits per heavy atom. The number of rotatable bonds is 14. The third-order valence-corrected chi connectivity index (χ3v) is 10.2. The molecule has 268 valence electrons. The largest absolute Gasteiger partial charge is 0.378 e. The maximum absolute atomic E-state index is 13.2. The quantitative estimate of drug-likeness (QED) is 0.0613. The lowest BCUT2D eigenvalue weighted by atomic mass is 9.67. The number of nitro benzene ring substituents is 2. The van der Waals surface area contributed by atoms with Gasteiger partial charge in [0, 0.05) is 35.4 Å². The smallest absolute Gasteiger partial charge is 0.339 e. The second-order valence-electron chi connectivity index (χ2n) is 11.0. The highest BCUT2D eigenvalue weighted by molar-refractivity contribution is 7.87. The van der Waals surface area contributed by atoms with Crippen LogP contribution in [0.1, 0.15) is 30.4 Å². The van der Waals surface area contributed by atoms with Crippen molar-refractivity contribution in [1.82, 2.24) is 10.9 Å². The Morgan fingerprint density at radius 1 is 0.635 bits per heavy atom. The summed E-state index contributed by atoms with van der Waals surface area (Å²) in [7, 11) is -8.81. The van der Waals surface area contributed by atoms with E-state index in [1.165, 1.54) is 36.4 Å². The standard InChI is InChI=1S/C32H26N6O12S2/c39-30(35-33-20-22-6-1-3-8-28(22)49-51(45,46)26-14-10-24(11-15-26)37(41)42)32(18-5-19-32)31(40)36-34-21-23-7-2-4-9-29(23)50-52(47,48)27-16-12-25(13-17-27)38(43)44/h1-4,6-17,20-21H,5,18-19H2,(H,35,39)(H,36,40). The van der Waals surface area contributed by atoms with Crippen molar-refractivity contribution in [3.05, 3.63) is 128 Å². The fraction of sp³-hybridized carbons (Fsp3) is 0.125. The number of non-ortho nitro benzene ring substituents is 2. The fourth-order valence-electron chi connectivity index (χ4n) is 4.75. The minimum Gasteiger partial charge on any atom is -0.378 e. The first-order valence-corrected chi connectivity index (χ1v) is 17.8. The molecular weight excluding hydrogens is 725 g/mol. The van der Waals surface area contributed by atoms with E-state index in [9.17, 15) is 46.7 Å².